The van der Waals surface area contributed by atoms with Crippen LogP contribution in [0.15, 0.2) is 18.2 Å². The van der Waals surface area contributed by atoms with Crippen molar-refractivity contribution in [3.05, 3.63) is 34.6 Å². The second-order valence-electron chi connectivity index (χ2n) is 2.79. The largest absolute Gasteiger partial charge is 0.396 e. The van der Waals surface area contributed by atoms with Crippen LogP contribution >= 0.6 is 24.0 Å². The summed E-state index contributed by atoms with van der Waals surface area (Å²) >= 11 is 5.50. The van der Waals surface area contributed by atoms with Crippen LogP contribution in [0.3, 0.4) is 0 Å². The molecule has 0 aliphatic rings. The normalized spacial score (nSPS) is 12.0. The Balaban J connectivity index is 0.00000169. The standard InChI is InChI=1S/C9H11ClFNO.ClH/c10-7-2-1-6(5-8(7)11)9(12)3-4-13;/h1-2,5,9,13H,3-4,12H2;1H. The average molecular weight is 240 g/mol. The van der Waals surface area contributed by atoms with Gasteiger partial charge in [-0.3, -0.25) is 0 Å². The highest BCUT2D eigenvalue weighted by Crippen LogP contribution is 2.20. The fourth-order valence-electron chi connectivity index (χ4n) is 1.05. The van der Waals surface area contributed by atoms with E-state index < -0.39 is 5.82 Å². The molecule has 1 aromatic rings. The zero-order chi connectivity index (χ0) is 9.84. The van der Waals surface area contributed by atoms with Crippen LogP contribution in [0.2, 0.25) is 5.02 Å². The molecule has 0 aliphatic carbocycles. The molecule has 0 fully saturated rings. The highest BCUT2D eigenvalue weighted by Gasteiger charge is 2.07. The first-order chi connectivity index (χ1) is 6.15. The summed E-state index contributed by atoms with van der Waals surface area (Å²) in [6.45, 7) is -0.00852. The zero-order valence-corrected chi connectivity index (χ0v) is 8.98. The molecular formula is C9H12Cl2FNO. The van der Waals surface area contributed by atoms with E-state index in [1.165, 1.54) is 12.1 Å². The molecule has 0 spiro atoms. The number of hydrogen-bond donors (Lipinski definition) is 2. The molecule has 0 saturated carbocycles. The van der Waals surface area contributed by atoms with E-state index >= 15 is 0 Å². The molecule has 1 atom stereocenters. The Morgan fingerprint density at radius 2 is 2.14 bits per heavy atom. The van der Waals surface area contributed by atoms with Gasteiger partial charge in [-0.15, -0.1) is 12.4 Å². The van der Waals surface area contributed by atoms with Crippen molar-refractivity contribution in [1.82, 2.24) is 0 Å². The van der Waals surface area contributed by atoms with Crippen molar-refractivity contribution in [2.75, 3.05) is 6.61 Å². The maximum Gasteiger partial charge on any atom is 0.142 e. The van der Waals surface area contributed by atoms with Crippen molar-refractivity contribution in [1.29, 1.82) is 0 Å². The van der Waals surface area contributed by atoms with Gasteiger partial charge in [-0.05, 0) is 24.1 Å². The molecule has 1 rings (SSSR count). The summed E-state index contributed by atoms with van der Waals surface area (Å²) in [6.07, 6.45) is 0.418. The SMILES string of the molecule is Cl.NC(CCO)c1ccc(Cl)c(F)c1. The van der Waals surface area contributed by atoms with Crippen molar-refractivity contribution >= 4 is 24.0 Å². The molecule has 80 valence electrons. The lowest BCUT2D eigenvalue weighted by Crippen LogP contribution is -2.12. The van der Waals surface area contributed by atoms with E-state index in [9.17, 15) is 4.39 Å². The smallest absolute Gasteiger partial charge is 0.142 e. The van der Waals surface area contributed by atoms with Crippen molar-refractivity contribution in [2.24, 2.45) is 5.73 Å². The predicted octanol–water partition coefficient (Wildman–Crippen LogP) is 2.28. The third kappa shape index (κ3) is 3.42. The minimum atomic E-state index is -0.479. The molecule has 2 nitrogen and oxygen atoms in total. The van der Waals surface area contributed by atoms with Crippen LogP contribution in [0.1, 0.15) is 18.0 Å². The van der Waals surface area contributed by atoms with Crippen molar-refractivity contribution < 1.29 is 9.50 Å². The van der Waals surface area contributed by atoms with E-state index in [4.69, 9.17) is 22.4 Å². The number of benzene rings is 1. The Morgan fingerprint density at radius 1 is 1.50 bits per heavy atom. The van der Waals surface area contributed by atoms with Gasteiger partial charge in [0, 0.05) is 12.6 Å². The van der Waals surface area contributed by atoms with E-state index in [1.54, 1.807) is 6.07 Å². The maximum absolute atomic E-state index is 12.9. The first-order valence-electron chi connectivity index (χ1n) is 3.96. The lowest BCUT2D eigenvalue weighted by Gasteiger charge is -2.10. The molecule has 0 radical (unpaired) electrons. The summed E-state index contributed by atoms with van der Waals surface area (Å²) in [5, 5.41) is 8.71. The summed E-state index contributed by atoms with van der Waals surface area (Å²) in [5.74, 6) is -0.479. The Bertz CT molecular complexity index is 296. The molecule has 0 aliphatic heterocycles. The van der Waals surface area contributed by atoms with Crippen LogP contribution in [0.25, 0.3) is 0 Å². The van der Waals surface area contributed by atoms with Crippen LogP contribution < -0.4 is 5.73 Å². The van der Waals surface area contributed by atoms with E-state index in [2.05, 4.69) is 0 Å². The van der Waals surface area contributed by atoms with E-state index in [-0.39, 0.29) is 30.1 Å². The summed E-state index contributed by atoms with van der Waals surface area (Å²) in [4.78, 5) is 0. The number of rotatable bonds is 3. The number of aliphatic hydroxyl groups is 1. The Morgan fingerprint density at radius 3 is 2.64 bits per heavy atom. The molecule has 1 aromatic carbocycles. The zero-order valence-electron chi connectivity index (χ0n) is 7.41. The first kappa shape index (κ1) is 13.7. The first-order valence-corrected chi connectivity index (χ1v) is 4.34. The quantitative estimate of drug-likeness (QED) is 0.851. The molecule has 1 unspecified atom stereocenters. The summed E-state index contributed by atoms with van der Waals surface area (Å²) in [6, 6.07) is 4.08. The number of hydrogen-bond acceptors (Lipinski definition) is 2. The fraction of sp³-hybridized carbons (Fsp3) is 0.333. The van der Waals surface area contributed by atoms with Gasteiger partial charge in [0.15, 0.2) is 0 Å². The molecule has 0 aromatic heterocycles. The van der Waals surface area contributed by atoms with Crippen LogP contribution in [0, 0.1) is 5.82 Å². The highest BCUT2D eigenvalue weighted by atomic mass is 35.5. The van der Waals surface area contributed by atoms with Crippen LogP contribution in [0.4, 0.5) is 4.39 Å². The van der Waals surface area contributed by atoms with Crippen LogP contribution in [-0.4, -0.2) is 11.7 Å². The van der Waals surface area contributed by atoms with Gasteiger partial charge >= 0.3 is 0 Å². The van der Waals surface area contributed by atoms with Gasteiger partial charge in [-0.1, -0.05) is 17.7 Å². The lowest BCUT2D eigenvalue weighted by atomic mass is 10.1. The minimum absolute atomic E-state index is 0. The van der Waals surface area contributed by atoms with Gasteiger partial charge in [-0.25, -0.2) is 4.39 Å². The summed E-state index contributed by atoms with van der Waals surface area (Å²) in [7, 11) is 0. The third-order valence-electron chi connectivity index (χ3n) is 1.81. The number of halogens is 3. The second kappa shape index (κ2) is 6.19. The average Bonchev–Trinajstić information content (AvgIpc) is 2.10. The van der Waals surface area contributed by atoms with Crippen LogP contribution in [0.5, 0.6) is 0 Å². The molecule has 3 N–H and O–H groups in total. The molecule has 14 heavy (non-hydrogen) atoms. The monoisotopic (exact) mass is 239 g/mol. The maximum atomic E-state index is 12.9. The van der Waals surface area contributed by atoms with Gasteiger partial charge in [0.2, 0.25) is 0 Å². The van der Waals surface area contributed by atoms with Gasteiger partial charge in [0.05, 0.1) is 5.02 Å². The van der Waals surface area contributed by atoms with E-state index in [0.29, 0.717) is 12.0 Å². The molecule has 5 heteroatoms. The number of aliphatic hydroxyl groups excluding tert-OH is 1. The van der Waals surface area contributed by atoms with E-state index in [1.807, 2.05) is 0 Å². The Labute approximate surface area is 93.3 Å². The number of nitrogens with two attached hydrogens (primary N) is 1. The van der Waals surface area contributed by atoms with Crippen molar-refractivity contribution in [2.45, 2.75) is 12.5 Å². The topological polar surface area (TPSA) is 46.2 Å². The lowest BCUT2D eigenvalue weighted by molar-refractivity contribution is 0.276. The molecule has 0 amide bonds. The van der Waals surface area contributed by atoms with Crippen LogP contribution in [-0.2, 0) is 0 Å². The Kier molecular flexibility index (Phi) is 6.04. The molecule has 0 saturated heterocycles. The fourth-order valence-corrected chi connectivity index (χ4v) is 1.17. The van der Waals surface area contributed by atoms with Gasteiger partial charge in [-0.2, -0.15) is 0 Å². The third-order valence-corrected chi connectivity index (χ3v) is 2.12. The summed E-state index contributed by atoms with van der Waals surface area (Å²) < 4.78 is 12.9. The van der Waals surface area contributed by atoms with Gasteiger partial charge < -0.3 is 10.8 Å². The molecular weight excluding hydrogens is 228 g/mol. The predicted molar refractivity (Wildman–Crippen MR) is 57.3 cm³/mol. The van der Waals surface area contributed by atoms with E-state index in [0.717, 1.165) is 0 Å². The van der Waals surface area contributed by atoms with Gasteiger partial charge in [0.1, 0.15) is 5.82 Å². The van der Waals surface area contributed by atoms with Crippen molar-refractivity contribution in [3.63, 3.8) is 0 Å². The van der Waals surface area contributed by atoms with Crippen molar-refractivity contribution in [3.8, 4) is 0 Å². The highest BCUT2D eigenvalue weighted by molar-refractivity contribution is 6.30. The molecule has 0 heterocycles. The Hall–Kier alpha value is -0.350. The summed E-state index contributed by atoms with van der Waals surface area (Å²) in [5.41, 5.74) is 6.30. The van der Waals surface area contributed by atoms with Gasteiger partial charge in [0.25, 0.3) is 0 Å². The minimum Gasteiger partial charge on any atom is -0.396 e. The second-order valence-corrected chi connectivity index (χ2v) is 3.20. The molecule has 0 bridgehead atoms.